The molecule has 0 aromatic heterocycles. The maximum Gasteiger partial charge on any atom is 0.0397 e. The molecule has 1 aromatic rings. The lowest BCUT2D eigenvalue weighted by molar-refractivity contribution is 0.280. The summed E-state index contributed by atoms with van der Waals surface area (Å²) in [6.45, 7) is 4.57. The van der Waals surface area contributed by atoms with Gasteiger partial charge in [-0.25, -0.2) is 0 Å². The largest absolute Gasteiger partial charge is 0.374 e. The number of likely N-dealkylation sites (N-methyl/N-ethyl adjacent to an activating group) is 1. The van der Waals surface area contributed by atoms with Crippen molar-refractivity contribution in [2.75, 3.05) is 18.5 Å². The molecule has 1 aliphatic heterocycles. The third kappa shape index (κ3) is 3.01. The summed E-state index contributed by atoms with van der Waals surface area (Å²) in [6.07, 6.45) is 8.36. The first-order valence-corrected chi connectivity index (χ1v) is 8.30. The molecule has 0 bridgehead atoms. The van der Waals surface area contributed by atoms with Crippen molar-refractivity contribution in [1.29, 1.82) is 0 Å². The highest BCUT2D eigenvalue weighted by Crippen LogP contribution is 2.28. The van der Waals surface area contributed by atoms with Crippen LogP contribution in [0.2, 0.25) is 0 Å². The Hall–Kier alpha value is -1.02. The van der Waals surface area contributed by atoms with Gasteiger partial charge in [-0.3, -0.25) is 0 Å². The molecule has 0 unspecified atom stereocenters. The zero-order chi connectivity index (χ0) is 13.9. The van der Waals surface area contributed by atoms with Gasteiger partial charge in [0.05, 0.1) is 0 Å². The maximum absolute atomic E-state index is 3.76. The van der Waals surface area contributed by atoms with Crippen LogP contribution in [0.15, 0.2) is 18.2 Å². The van der Waals surface area contributed by atoms with E-state index in [1.165, 1.54) is 61.9 Å². The minimum Gasteiger partial charge on any atom is -0.374 e. The third-order valence-corrected chi connectivity index (χ3v) is 5.26. The zero-order valence-corrected chi connectivity index (χ0v) is 13.0. The van der Waals surface area contributed by atoms with Crippen LogP contribution in [-0.2, 0) is 13.0 Å². The van der Waals surface area contributed by atoms with Gasteiger partial charge >= 0.3 is 0 Å². The van der Waals surface area contributed by atoms with Gasteiger partial charge in [0.1, 0.15) is 0 Å². The lowest BCUT2D eigenvalue weighted by Gasteiger charge is -2.28. The number of rotatable bonds is 4. The molecule has 1 aromatic carbocycles. The molecule has 110 valence electrons. The van der Waals surface area contributed by atoms with E-state index in [4.69, 9.17) is 0 Å². The highest BCUT2D eigenvalue weighted by atomic mass is 15.1. The number of anilines is 1. The predicted molar refractivity (Wildman–Crippen MR) is 86.3 cm³/mol. The van der Waals surface area contributed by atoms with Crippen LogP contribution in [0.3, 0.4) is 0 Å². The van der Waals surface area contributed by atoms with Gasteiger partial charge in [0, 0.05) is 31.9 Å². The number of hydrogen-bond acceptors (Lipinski definition) is 2. The van der Waals surface area contributed by atoms with E-state index in [1.54, 1.807) is 0 Å². The van der Waals surface area contributed by atoms with Crippen LogP contribution in [0.25, 0.3) is 0 Å². The van der Waals surface area contributed by atoms with Gasteiger partial charge in [0.2, 0.25) is 0 Å². The standard InChI is InChI=1S/C18H28N2/c1-14(16-6-4-3-5-7-16)19-13-15-8-9-18-17(12-15)10-11-20(18)2/h8-9,12,14,16,19H,3-7,10-11,13H2,1-2H3/t14-/m0/s1. The van der Waals surface area contributed by atoms with Crippen LogP contribution in [0.1, 0.15) is 50.2 Å². The number of hydrogen-bond donors (Lipinski definition) is 1. The Labute approximate surface area is 123 Å². The fraction of sp³-hybridized carbons (Fsp3) is 0.667. The van der Waals surface area contributed by atoms with Crippen LogP contribution in [0, 0.1) is 5.92 Å². The van der Waals surface area contributed by atoms with Crippen LogP contribution in [0.4, 0.5) is 5.69 Å². The van der Waals surface area contributed by atoms with E-state index in [-0.39, 0.29) is 0 Å². The van der Waals surface area contributed by atoms with E-state index >= 15 is 0 Å². The second-order valence-corrected chi connectivity index (χ2v) is 6.70. The Morgan fingerprint density at radius 1 is 1.25 bits per heavy atom. The molecule has 2 aliphatic rings. The first-order valence-electron chi connectivity index (χ1n) is 8.30. The number of nitrogens with one attached hydrogen (secondary N) is 1. The first kappa shape index (κ1) is 13.9. The molecular formula is C18H28N2. The van der Waals surface area contributed by atoms with Gasteiger partial charge in [-0.1, -0.05) is 31.4 Å². The average molecular weight is 272 g/mol. The molecular weight excluding hydrogens is 244 g/mol. The second kappa shape index (κ2) is 6.17. The zero-order valence-electron chi connectivity index (χ0n) is 13.0. The van der Waals surface area contributed by atoms with Crippen LogP contribution >= 0.6 is 0 Å². The molecule has 2 heteroatoms. The van der Waals surface area contributed by atoms with Crippen LogP contribution < -0.4 is 10.2 Å². The van der Waals surface area contributed by atoms with Crippen molar-refractivity contribution in [3.63, 3.8) is 0 Å². The molecule has 0 spiro atoms. The van der Waals surface area contributed by atoms with E-state index in [0.717, 1.165) is 12.5 Å². The van der Waals surface area contributed by atoms with Gasteiger partial charge in [-0.05, 0) is 49.3 Å². The summed E-state index contributed by atoms with van der Waals surface area (Å²) in [6, 6.07) is 7.65. The summed E-state index contributed by atoms with van der Waals surface area (Å²) >= 11 is 0. The molecule has 1 atom stereocenters. The van der Waals surface area contributed by atoms with Crippen molar-refractivity contribution in [3.8, 4) is 0 Å². The minimum absolute atomic E-state index is 0.659. The van der Waals surface area contributed by atoms with Crippen molar-refractivity contribution in [3.05, 3.63) is 29.3 Å². The summed E-state index contributed by atoms with van der Waals surface area (Å²) in [4.78, 5) is 2.36. The predicted octanol–water partition coefficient (Wildman–Crippen LogP) is 3.74. The van der Waals surface area contributed by atoms with Gasteiger partial charge in [-0.15, -0.1) is 0 Å². The summed E-state index contributed by atoms with van der Waals surface area (Å²) in [5, 5.41) is 3.76. The molecule has 20 heavy (non-hydrogen) atoms. The first-order chi connectivity index (χ1) is 9.74. The smallest absolute Gasteiger partial charge is 0.0397 e. The van der Waals surface area contributed by atoms with Crippen LogP contribution in [0.5, 0.6) is 0 Å². The molecule has 1 N–H and O–H groups in total. The lowest BCUT2D eigenvalue weighted by atomic mass is 9.84. The van der Waals surface area contributed by atoms with E-state index in [2.05, 4.69) is 42.4 Å². The summed E-state index contributed by atoms with van der Waals surface area (Å²) < 4.78 is 0. The number of fused-ring (bicyclic) bond motifs is 1. The van der Waals surface area contributed by atoms with Gasteiger partial charge in [0.25, 0.3) is 0 Å². The van der Waals surface area contributed by atoms with Gasteiger partial charge in [-0.2, -0.15) is 0 Å². The Kier molecular flexibility index (Phi) is 4.30. The van der Waals surface area contributed by atoms with E-state index in [1.807, 2.05) is 0 Å². The molecule has 3 rings (SSSR count). The van der Waals surface area contributed by atoms with Crippen LogP contribution in [-0.4, -0.2) is 19.6 Å². The maximum atomic E-state index is 3.76. The Bertz CT molecular complexity index is 449. The number of nitrogens with zero attached hydrogens (tertiary/aromatic N) is 1. The summed E-state index contributed by atoms with van der Waals surface area (Å²) in [5.74, 6) is 0.893. The second-order valence-electron chi connectivity index (χ2n) is 6.70. The lowest BCUT2D eigenvalue weighted by Crippen LogP contribution is -2.34. The molecule has 0 saturated heterocycles. The molecule has 0 radical (unpaired) electrons. The topological polar surface area (TPSA) is 15.3 Å². The average Bonchev–Trinajstić information content (AvgIpc) is 2.87. The molecule has 1 heterocycles. The van der Waals surface area contributed by atoms with Crippen molar-refractivity contribution < 1.29 is 0 Å². The minimum atomic E-state index is 0.659. The molecule has 0 amide bonds. The normalized spacial score (nSPS) is 21.0. The van der Waals surface area contributed by atoms with E-state index < -0.39 is 0 Å². The van der Waals surface area contributed by atoms with Crippen molar-refractivity contribution in [2.24, 2.45) is 5.92 Å². The van der Waals surface area contributed by atoms with E-state index in [0.29, 0.717) is 6.04 Å². The molecule has 1 aliphatic carbocycles. The quantitative estimate of drug-likeness (QED) is 0.898. The fourth-order valence-corrected chi connectivity index (χ4v) is 3.81. The SMILES string of the molecule is C[C@H](NCc1ccc2c(c1)CCN2C)C1CCCCC1. The van der Waals surface area contributed by atoms with Crippen molar-refractivity contribution >= 4 is 5.69 Å². The highest BCUT2D eigenvalue weighted by Gasteiger charge is 2.20. The molecule has 1 fully saturated rings. The Morgan fingerprint density at radius 2 is 2.05 bits per heavy atom. The Morgan fingerprint density at radius 3 is 2.85 bits per heavy atom. The van der Waals surface area contributed by atoms with E-state index in [9.17, 15) is 0 Å². The fourth-order valence-electron chi connectivity index (χ4n) is 3.81. The number of benzene rings is 1. The van der Waals surface area contributed by atoms with Gasteiger partial charge in [0.15, 0.2) is 0 Å². The Balaban J connectivity index is 1.55. The monoisotopic (exact) mass is 272 g/mol. The van der Waals surface area contributed by atoms with Gasteiger partial charge < -0.3 is 10.2 Å². The van der Waals surface area contributed by atoms with Crippen molar-refractivity contribution in [1.82, 2.24) is 5.32 Å². The van der Waals surface area contributed by atoms with Crippen molar-refractivity contribution in [2.45, 2.75) is 58.0 Å². The third-order valence-electron chi connectivity index (χ3n) is 5.26. The molecule has 2 nitrogen and oxygen atoms in total. The summed E-state index contributed by atoms with van der Waals surface area (Å²) in [5.41, 5.74) is 4.40. The highest BCUT2D eigenvalue weighted by molar-refractivity contribution is 5.58. The molecule has 1 saturated carbocycles. The summed E-state index contributed by atoms with van der Waals surface area (Å²) in [7, 11) is 2.19.